The fourth-order valence-electron chi connectivity index (χ4n) is 3.41. The van der Waals surface area contributed by atoms with Crippen LogP contribution in [0, 0.1) is 0 Å². The van der Waals surface area contributed by atoms with Crippen LogP contribution in [0.3, 0.4) is 0 Å². The number of hydrogen-bond donors (Lipinski definition) is 0. The molecule has 0 spiro atoms. The van der Waals surface area contributed by atoms with Crippen molar-refractivity contribution in [1.82, 2.24) is 4.90 Å². The molecule has 32 heavy (non-hydrogen) atoms. The van der Waals surface area contributed by atoms with Gasteiger partial charge in [0, 0.05) is 6.54 Å². The van der Waals surface area contributed by atoms with Crippen LogP contribution in [0.25, 0.3) is 6.08 Å². The van der Waals surface area contributed by atoms with Crippen molar-refractivity contribution < 1.29 is 14.3 Å². The monoisotopic (exact) mass is 469 g/mol. The van der Waals surface area contributed by atoms with Gasteiger partial charge in [-0.25, -0.2) is 0 Å². The molecule has 6 heteroatoms. The maximum absolute atomic E-state index is 12.3. The molecule has 0 aliphatic carbocycles. The van der Waals surface area contributed by atoms with Crippen molar-refractivity contribution in [2.24, 2.45) is 0 Å². The molecule has 0 saturated carbocycles. The Morgan fingerprint density at radius 1 is 0.906 bits per heavy atom. The van der Waals surface area contributed by atoms with E-state index in [0.717, 1.165) is 23.5 Å². The maximum atomic E-state index is 12.3. The molecule has 2 aromatic carbocycles. The van der Waals surface area contributed by atoms with E-state index in [0.29, 0.717) is 29.0 Å². The number of hydrogen-bond acceptors (Lipinski definition) is 5. The van der Waals surface area contributed by atoms with Crippen molar-refractivity contribution in [3.63, 3.8) is 0 Å². The van der Waals surface area contributed by atoms with Crippen molar-refractivity contribution in [3.8, 4) is 11.5 Å². The maximum Gasteiger partial charge on any atom is 0.266 e. The largest absolute Gasteiger partial charge is 0.490 e. The highest BCUT2D eigenvalue weighted by atomic mass is 32.2. The summed E-state index contributed by atoms with van der Waals surface area (Å²) in [7, 11) is 0. The number of thiocarbonyl (C=S) groups is 1. The molecule has 1 aliphatic rings. The van der Waals surface area contributed by atoms with E-state index in [4.69, 9.17) is 21.7 Å². The SMILES string of the molecule is CCCCCCc1ccc(OCCOc2ccc(/C=C3\SC(=S)N(CC)C3=O)cc2)cc1. The van der Waals surface area contributed by atoms with Crippen molar-refractivity contribution in [3.05, 3.63) is 64.6 Å². The molecule has 3 rings (SSSR count). The second kappa shape index (κ2) is 12.7. The van der Waals surface area contributed by atoms with Gasteiger partial charge in [-0.05, 0) is 61.2 Å². The van der Waals surface area contributed by atoms with E-state index in [9.17, 15) is 4.79 Å². The second-order valence-corrected chi connectivity index (χ2v) is 9.32. The fraction of sp³-hybridized carbons (Fsp3) is 0.385. The summed E-state index contributed by atoms with van der Waals surface area (Å²) in [6.07, 6.45) is 8.13. The van der Waals surface area contributed by atoms with Crippen molar-refractivity contribution in [1.29, 1.82) is 0 Å². The Morgan fingerprint density at radius 2 is 1.53 bits per heavy atom. The third-order valence-corrected chi connectivity index (χ3v) is 6.61. The Balaban J connectivity index is 1.40. The van der Waals surface area contributed by atoms with E-state index in [1.54, 1.807) is 4.90 Å². The second-order valence-electron chi connectivity index (χ2n) is 7.65. The van der Waals surface area contributed by atoms with E-state index in [1.807, 2.05) is 49.4 Å². The van der Waals surface area contributed by atoms with Gasteiger partial charge in [0.1, 0.15) is 29.0 Å². The summed E-state index contributed by atoms with van der Waals surface area (Å²) >= 11 is 6.60. The number of amides is 1. The summed E-state index contributed by atoms with van der Waals surface area (Å²) in [5.41, 5.74) is 2.31. The van der Waals surface area contributed by atoms with Crippen LogP contribution in [-0.4, -0.2) is 34.9 Å². The average molecular weight is 470 g/mol. The first-order valence-electron chi connectivity index (χ1n) is 11.3. The summed E-state index contributed by atoms with van der Waals surface area (Å²) in [5, 5.41) is 0. The molecule has 0 unspecified atom stereocenters. The standard InChI is InChI=1S/C26H31NO3S2/c1-3-5-6-7-8-20-9-13-22(14-10-20)29-17-18-30-23-15-11-21(12-16-23)19-24-25(28)27(4-2)26(31)32-24/h9-16,19H,3-8,17-18H2,1-2H3/b24-19-. The Labute approximate surface area is 201 Å². The molecule has 0 atom stereocenters. The van der Waals surface area contributed by atoms with E-state index in [2.05, 4.69) is 19.1 Å². The van der Waals surface area contributed by atoms with Gasteiger partial charge < -0.3 is 9.47 Å². The summed E-state index contributed by atoms with van der Waals surface area (Å²) in [6.45, 7) is 5.71. The summed E-state index contributed by atoms with van der Waals surface area (Å²) in [5.74, 6) is 1.62. The lowest BCUT2D eigenvalue weighted by atomic mass is 10.1. The first-order valence-corrected chi connectivity index (χ1v) is 12.5. The first-order chi connectivity index (χ1) is 15.6. The minimum Gasteiger partial charge on any atom is -0.490 e. The normalized spacial score (nSPS) is 14.9. The Morgan fingerprint density at radius 3 is 2.09 bits per heavy atom. The van der Waals surface area contributed by atoms with Gasteiger partial charge in [0.05, 0.1) is 4.91 Å². The molecule has 0 bridgehead atoms. The topological polar surface area (TPSA) is 38.8 Å². The van der Waals surface area contributed by atoms with E-state index in [-0.39, 0.29) is 5.91 Å². The molecule has 170 valence electrons. The lowest BCUT2D eigenvalue weighted by Crippen LogP contribution is -2.27. The molecule has 2 aromatic rings. The van der Waals surface area contributed by atoms with Gasteiger partial charge >= 0.3 is 0 Å². The quantitative estimate of drug-likeness (QED) is 0.202. The van der Waals surface area contributed by atoms with E-state index >= 15 is 0 Å². The van der Waals surface area contributed by atoms with Gasteiger partial charge in [0.15, 0.2) is 0 Å². The van der Waals surface area contributed by atoms with Crippen molar-refractivity contribution in [2.45, 2.75) is 46.0 Å². The third-order valence-electron chi connectivity index (χ3n) is 5.23. The highest BCUT2D eigenvalue weighted by Gasteiger charge is 2.30. The zero-order valence-corrected chi connectivity index (χ0v) is 20.5. The lowest BCUT2D eigenvalue weighted by Gasteiger charge is -2.10. The number of carbonyl (C=O) groups excluding carboxylic acids is 1. The van der Waals surface area contributed by atoms with Crippen LogP contribution in [0.4, 0.5) is 0 Å². The predicted molar refractivity (Wildman–Crippen MR) is 137 cm³/mol. The number of carbonyl (C=O) groups is 1. The van der Waals surface area contributed by atoms with Gasteiger partial charge in [0.25, 0.3) is 5.91 Å². The van der Waals surface area contributed by atoms with E-state index in [1.165, 1.54) is 43.0 Å². The lowest BCUT2D eigenvalue weighted by molar-refractivity contribution is -0.121. The number of thioether (sulfide) groups is 1. The molecule has 1 saturated heterocycles. The van der Waals surface area contributed by atoms with Gasteiger partial charge in [-0.1, -0.05) is 74.4 Å². The number of benzene rings is 2. The van der Waals surface area contributed by atoms with Gasteiger partial charge in [0.2, 0.25) is 0 Å². The smallest absolute Gasteiger partial charge is 0.266 e. The molecular formula is C26H31NO3S2. The Bertz CT molecular complexity index is 923. The molecule has 0 aromatic heterocycles. The van der Waals surface area contributed by atoms with Gasteiger partial charge in [-0.15, -0.1) is 0 Å². The Kier molecular flexibility index (Phi) is 9.62. The highest BCUT2D eigenvalue weighted by molar-refractivity contribution is 8.26. The number of ether oxygens (including phenoxy) is 2. The molecule has 0 N–H and O–H groups in total. The zero-order chi connectivity index (χ0) is 22.8. The summed E-state index contributed by atoms with van der Waals surface area (Å²) in [6, 6.07) is 16.0. The summed E-state index contributed by atoms with van der Waals surface area (Å²) in [4.78, 5) is 14.6. The number of aryl methyl sites for hydroxylation is 1. The van der Waals surface area contributed by atoms with Gasteiger partial charge in [-0.2, -0.15) is 0 Å². The first kappa shape index (κ1) is 24.3. The van der Waals surface area contributed by atoms with Crippen molar-refractivity contribution >= 4 is 40.3 Å². The molecule has 0 radical (unpaired) electrons. The molecule has 1 aliphatic heterocycles. The minimum absolute atomic E-state index is 0.0236. The van der Waals surface area contributed by atoms with Crippen LogP contribution in [0.1, 0.15) is 50.7 Å². The fourth-order valence-corrected chi connectivity index (χ4v) is 4.80. The van der Waals surface area contributed by atoms with Crippen LogP contribution in [0.2, 0.25) is 0 Å². The number of likely N-dealkylation sites (N-methyl/N-ethyl adjacent to an activating group) is 1. The predicted octanol–water partition coefficient (Wildman–Crippen LogP) is 6.49. The molecule has 1 heterocycles. The Hall–Kier alpha value is -2.31. The number of nitrogens with zero attached hydrogens (tertiary/aromatic N) is 1. The summed E-state index contributed by atoms with van der Waals surface area (Å²) < 4.78 is 12.2. The highest BCUT2D eigenvalue weighted by Crippen LogP contribution is 2.32. The van der Waals surface area contributed by atoms with Crippen LogP contribution in [-0.2, 0) is 11.2 Å². The number of rotatable bonds is 12. The van der Waals surface area contributed by atoms with E-state index < -0.39 is 0 Å². The van der Waals surface area contributed by atoms with Crippen LogP contribution in [0.5, 0.6) is 11.5 Å². The van der Waals surface area contributed by atoms with Crippen LogP contribution in [0.15, 0.2) is 53.4 Å². The molecule has 4 nitrogen and oxygen atoms in total. The molecular weight excluding hydrogens is 438 g/mol. The third kappa shape index (κ3) is 7.10. The van der Waals surface area contributed by atoms with Crippen LogP contribution < -0.4 is 9.47 Å². The minimum atomic E-state index is -0.0236. The molecule has 1 fully saturated rings. The van der Waals surface area contributed by atoms with Crippen molar-refractivity contribution in [2.75, 3.05) is 19.8 Å². The zero-order valence-electron chi connectivity index (χ0n) is 18.8. The van der Waals surface area contributed by atoms with Crippen LogP contribution >= 0.6 is 24.0 Å². The average Bonchev–Trinajstić information content (AvgIpc) is 3.08. The molecule has 1 amide bonds. The number of unbranched alkanes of at least 4 members (excludes halogenated alkanes) is 3. The van der Waals surface area contributed by atoms with Gasteiger partial charge in [-0.3, -0.25) is 9.69 Å².